The molecule has 1 aromatic rings. The molecule has 0 bridgehead atoms. The normalized spacial score (nSPS) is 10.5. The van der Waals surface area contributed by atoms with Crippen molar-refractivity contribution in [3.8, 4) is 0 Å². The summed E-state index contributed by atoms with van der Waals surface area (Å²) in [6.07, 6.45) is 4.85. The average Bonchev–Trinajstić information content (AvgIpc) is 2.30. The van der Waals surface area contributed by atoms with Gasteiger partial charge in [-0.05, 0) is 24.1 Å². The van der Waals surface area contributed by atoms with Crippen molar-refractivity contribution in [2.24, 2.45) is 5.73 Å². The Morgan fingerprint density at radius 2 is 2.00 bits per heavy atom. The van der Waals surface area contributed by atoms with Crippen molar-refractivity contribution in [2.45, 2.75) is 13.3 Å². The van der Waals surface area contributed by atoms with Gasteiger partial charge in [-0.1, -0.05) is 36.0 Å². The van der Waals surface area contributed by atoms with E-state index in [0.29, 0.717) is 5.69 Å². The fraction of sp³-hybridized carbons (Fsp3) is 0.231. The monoisotopic (exact) mass is 264 g/mol. The Morgan fingerprint density at radius 1 is 1.33 bits per heavy atom. The number of carbonyl (C=O) groups is 2. The third-order valence-electron chi connectivity index (χ3n) is 2.08. The summed E-state index contributed by atoms with van der Waals surface area (Å²) in [5.41, 5.74) is 6.72. The summed E-state index contributed by atoms with van der Waals surface area (Å²) in [6, 6.07) is 6.78. The van der Waals surface area contributed by atoms with Crippen LogP contribution in [0.25, 0.3) is 6.08 Å². The molecule has 0 fully saturated rings. The summed E-state index contributed by atoms with van der Waals surface area (Å²) in [6.45, 7) is 1.57. The standard InChI is InChI=1S/C13H16N2O2S/c1-10(16)18-9-3-2-4-11-5-7-12(8-6-11)15-13(14)17/h2,4-8H,3,9H2,1H3,(H3,14,15,17). The maximum Gasteiger partial charge on any atom is 0.316 e. The van der Waals surface area contributed by atoms with E-state index < -0.39 is 6.03 Å². The van der Waals surface area contributed by atoms with E-state index in [2.05, 4.69) is 5.32 Å². The summed E-state index contributed by atoms with van der Waals surface area (Å²) in [7, 11) is 0. The first-order chi connectivity index (χ1) is 8.58. The summed E-state index contributed by atoms with van der Waals surface area (Å²) >= 11 is 1.32. The molecule has 1 rings (SSSR count). The van der Waals surface area contributed by atoms with Gasteiger partial charge < -0.3 is 11.1 Å². The summed E-state index contributed by atoms with van der Waals surface area (Å²) in [5.74, 6) is 0.799. The molecule has 0 heterocycles. The van der Waals surface area contributed by atoms with Crippen LogP contribution in [0.1, 0.15) is 18.9 Å². The molecule has 0 spiro atoms. The van der Waals surface area contributed by atoms with E-state index in [1.165, 1.54) is 11.8 Å². The zero-order chi connectivity index (χ0) is 13.4. The van der Waals surface area contributed by atoms with E-state index in [4.69, 9.17) is 5.73 Å². The number of carbonyl (C=O) groups excluding carboxylic acids is 2. The first kappa shape index (κ1) is 14.3. The summed E-state index contributed by atoms with van der Waals surface area (Å²) < 4.78 is 0. The molecule has 96 valence electrons. The van der Waals surface area contributed by atoms with Crippen LogP contribution in [-0.4, -0.2) is 16.9 Å². The number of hydrogen-bond acceptors (Lipinski definition) is 3. The SMILES string of the molecule is CC(=O)SCCC=Cc1ccc(NC(N)=O)cc1. The van der Waals surface area contributed by atoms with Crippen molar-refractivity contribution in [1.82, 2.24) is 0 Å². The number of benzene rings is 1. The van der Waals surface area contributed by atoms with E-state index in [1.807, 2.05) is 24.3 Å². The van der Waals surface area contributed by atoms with Crippen molar-refractivity contribution in [3.63, 3.8) is 0 Å². The summed E-state index contributed by atoms with van der Waals surface area (Å²) in [4.78, 5) is 21.3. The predicted molar refractivity (Wildman–Crippen MR) is 76.4 cm³/mol. The second kappa shape index (κ2) is 7.55. The van der Waals surface area contributed by atoms with Gasteiger partial charge in [0.05, 0.1) is 0 Å². The van der Waals surface area contributed by atoms with Crippen molar-refractivity contribution in [3.05, 3.63) is 35.9 Å². The second-order valence-corrected chi connectivity index (χ2v) is 4.91. The van der Waals surface area contributed by atoms with Gasteiger partial charge in [0.15, 0.2) is 5.12 Å². The molecule has 0 saturated heterocycles. The van der Waals surface area contributed by atoms with Gasteiger partial charge in [0.2, 0.25) is 0 Å². The van der Waals surface area contributed by atoms with Crippen LogP contribution in [0.4, 0.5) is 10.5 Å². The maximum absolute atomic E-state index is 10.7. The lowest BCUT2D eigenvalue weighted by Crippen LogP contribution is -2.19. The number of nitrogens with one attached hydrogen (secondary N) is 1. The quantitative estimate of drug-likeness (QED) is 0.803. The highest BCUT2D eigenvalue weighted by Crippen LogP contribution is 2.11. The molecule has 0 unspecified atom stereocenters. The van der Waals surface area contributed by atoms with E-state index in [0.717, 1.165) is 17.7 Å². The van der Waals surface area contributed by atoms with Crippen LogP contribution in [0.15, 0.2) is 30.3 Å². The Balaban J connectivity index is 2.40. The number of thioether (sulfide) groups is 1. The van der Waals surface area contributed by atoms with E-state index in [1.54, 1.807) is 19.1 Å². The molecule has 2 amide bonds. The van der Waals surface area contributed by atoms with Crippen molar-refractivity contribution in [2.75, 3.05) is 11.1 Å². The molecule has 0 aliphatic rings. The van der Waals surface area contributed by atoms with Crippen molar-refractivity contribution < 1.29 is 9.59 Å². The van der Waals surface area contributed by atoms with Crippen LogP contribution < -0.4 is 11.1 Å². The molecule has 3 N–H and O–H groups in total. The van der Waals surface area contributed by atoms with Gasteiger partial charge in [0.1, 0.15) is 0 Å². The van der Waals surface area contributed by atoms with Crippen LogP contribution in [-0.2, 0) is 4.79 Å². The Kier molecular flexibility index (Phi) is 6.00. The summed E-state index contributed by atoms with van der Waals surface area (Å²) in [5, 5.41) is 2.64. The Hall–Kier alpha value is -1.75. The second-order valence-electron chi connectivity index (χ2n) is 3.64. The number of rotatable bonds is 5. The Labute approximate surface area is 111 Å². The molecule has 0 aliphatic heterocycles. The smallest absolute Gasteiger partial charge is 0.316 e. The van der Waals surface area contributed by atoms with E-state index >= 15 is 0 Å². The molecule has 0 radical (unpaired) electrons. The first-order valence-corrected chi connectivity index (χ1v) is 6.53. The van der Waals surface area contributed by atoms with Crippen molar-refractivity contribution >= 4 is 34.7 Å². The molecule has 0 saturated carbocycles. The minimum absolute atomic E-state index is 0.144. The fourth-order valence-corrected chi connectivity index (χ4v) is 1.85. The third-order valence-corrected chi connectivity index (χ3v) is 2.92. The topological polar surface area (TPSA) is 72.2 Å². The van der Waals surface area contributed by atoms with Gasteiger partial charge >= 0.3 is 6.03 Å². The average molecular weight is 264 g/mol. The fourth-order valence-electron chi connectivity index (χ4n) is 1.31. The Bertz CT molecular complexity index is 441. The maximum atomic E-state index is 10.7. The van der Waals surface area contributed by atoms with Crippen molar-refractivity contribution in [1.29, 1.82) is 0 Å². The number of hydrogen-bond donors (Lipinski definition) is 2. The molecule has 0 atom stereocenters. The van der Waals surface area contributed by atoms with Crippen LogP contribution in [0.3, 0.4) is 0 Å². The third kappa shape index (κ3) is 6.10. The van der Waals surface area contributed by atoms with Gasteiger partial charge in [-0.3, -0.25) is 4.79 Å². The molecular weight excluding hydrogens is 248 g/mol. The van der Waals surface area contributed by atoms with Crippen LogP contribution >= 0.6 is 11.8 Å². The lowest BCUT2D eigenvalue weighted by Gasteiger charge is -2.01. The van der Waals surface area contributed by atoms with Gasteiger partial charge in [0, 0.05) is 18.4 Å². The van der Waals surface area contributed by atoms with E-state index in [9.17, 15) is 9.59 Å². The molecule has 5 heteroatoms. The number of urea groups is 1. The van der Waals surface area contributed by atoms with Crippen LogP contribution in [0, 0.1) is 0 Å². The van der Waals surface area contributed by atoms with Gasteiger partial charge in [-0.2, -0.15) is 0 Å². The largest absolute Gasteiger partial charge is 0.351 e. The predicted octanol–water partition coefficient (Wildman–Crippen LogP) is 2.86. The van der Waals surface area contributed by atoms with Crippen LogP contribution in [0.5, 0.6) is 0 Å². The lowest BCUT2D eigenvalue weighted by molar-refractivity contribution is -0.109. The molecule has 4 nitrogen and oxygen atoms in total. The number of anilines is 1. The highest BCUT2D eigenvalue weighted by molar-refractivity contribution is 8.13. The highest BCUT2D eigenvalue weighted by Gasteiger charge is 1.95. The van der Waals surface area contributed by atoms with Gasteiger partial charge in [0.25, 0.3) is 0 Å². The highest BCUT2D eigenvalue weighted by atomic mass is 32.2. The number of primary amides is 1. The Morgan fingerprint density at radius 3 is 2.56 bits per heavy atom. The van der Waals surface area contributed by atoms with Crippen LogP contribution in [0.2, 0.25) is 0 Å². The van der Waals surface area contributed by atoms with Gasteiger partial charge in [-0.25, -0.2) is 4.79 Å². The zero-order valence-corrected chi connectivity index (χ0v) is 11.0. The number of nitrogens with two attached hydrogens (primary N) is 1. The molecular formula is C13H16N2O2S. The molecule has 0 aromatic heterocycles. The number of amides is 2. The minimum atomic E-state index is -0.570. The zero-order valence-electron chi connectivity index (χ0n) is 10.2. The molecule has 0 aliphatic carbocycles. The van der Waals surface area contributed by atoms with Gasteiger partial charge in [-0.15, -0.1) is 0 Å². The molecule has 1 aromatic carbocycles. The first-order valence-electron chi connectivity index (χ1n) is 5.54. The van der Waals surface area contributed by atoms with E-state index in [-0.39, 0.29) is 5.12 Å². The lowest BCUT2D eigenvalue weighted by atomic mass is 10.2. The number of allylic oxidation sites excluding steroid dienone is 1. The molecule has 18 heavy (non-hydrogen) atoms. The minimum Gasteiger partial charge on any atom is -0.351 e.